The first-order chi connectivity index (χ1) is 11.1. The second-order valence-corrected chi connectivity index (χ2v) is 5.71. The Morgan fingerprint density at radius 3 is 2.17 bits per heavy atom. The van der Waals surface area contributed by atoms with Crippen molar-refractivity contribution in [1.29, 1.82) is 0 Å². The fraction of sp³-hybridized carbons (Fsp3) is 0.500. The number of aryl methyl sites for hydroxylation is 3. The topological polar surface area (TPSA) is 35.2 Å². The van der Waals surface area contributed by atoms with E-state index in [4.69, 9.17) is 0 Å². The van der Waals surface area contributed by atoms with Gasteiger partial charge in [-0.15, -0.1) is 0 Å². The van der Waals surface area contributed by atoms with Crippen molar-refractivity contribution in [3.8, 4) is 0 Å². The fourth-order valence-corrected chi connectivity index (χ4v) is 3.05. The van der Waals surface area contributed by atoms with E-state index in [1.54, 1.807) is 6.07 Å². The van der Waals surface area contributed by atoms with Gasteiger partial charge in [0, 0.05) is 26.2 Å². The standard InChI is InChI=1S/C16H21FN4.C2H6/c1-11-4-5-14(17)15(10-11)20-6-8-21(9-7-20)16-12(2)18-19-13(16)3;1-2/h4-5,10H,6-9H2,1-3H3,(H,18,19);1-2H3. The number of hydrogen-bond acceptors (Lipinski definition) is 3. The molecule has 0 aliphatic carbocycles. The molecule has 1 aliphatic heterocycles. The quantitative estimate of drug-likeness (QED) is 0.914. The van der Waals surface area contributed by atoms with Crippen LogP contribution in [0.4, 0.5) is 15.8 Å². The van der Waals surface area contributed by atoms with Crippen LogP contribution >= 0.6 is 0 Å². The highest BCUT2D eigenvalue weighted by molar-refractivity contribution is 5.57. The molecule has 1 N–H and O–H groups in total. The van der Waals surface area contributed by atoms with E-state index in [0.717, 1.165) is 48.8 Å². The summed E-state index contributed by atoms with van der Waals surface area (Å²) in [4.78, 5) is 4.46. The van der Waals surface area contributed by atoms with Crippen LogP contribution < -0.4 is 9.80 Å². The van der Waals surface area contributed by atoms with Gasteiger partial charge in [-0.1, -0.05) is 19.9 Å². The zero-order chi connectivity index (χ0) is 17.0. The molecule has 1 aromatic heterocycles. The summed E-state index contributed by atoms with van der Waals surface area (Å²) in [6.45, 7) is 13.5. The van der Waals surface area contributed by atoms with Gasteiger partial charge in [0.25, 0.3) is 0 Å². The molecular formula is C18H27FN4. The molecule has 0 amide bonds. The van der Waals surface area contributed by atoms with Crippen LogP contribution in [0.2, 0.25) is 0 Å². The highest BCUT2D eigenvalue weighted by atomic mass is 19.1. The Labute approximate surface area is 138 Å². The van der Waals surface area contributed by atoms with Crippen molar-refractivity contribution in [2.45, 2.75) is 34.6 Å². The number of H-pyrrole nitrogens is 1. The van der Waals surface area contributed by atoms with Crippen LogP contribution in [-0.4, -0.2) is 36.4 Å². The first-order valence-electron chi connectivity index (χ1n) is 8.34. The summed E-state index contributed by atoms with van der Waals surface area (Å²) in [6.07, 6.45) is 0. The van der Waals surface area contributed by atoms with E-state index in [2.05, 4.69) is 20.0 Å². The predicted molar refractivity (Wildman–Crippen MR) is 95.0 cm³/mol. The van der Waals surface area contributed by atoms with Crippen molar-refractivity contribution in [2.24, 2.45) is 0 Å². The second kappa shape index (κ2) is 7.49. The maximum atomic E-state index is 14.0. The van der Waals surface area contributed by atoms with Gasteiger partial charge in [0.1, 0.15) is 5.82 Å². The lowest BCUT2D eigenvalue weighted by Crippen LogP contribution is -2.47. The molecule has 0 atom stereocenters. The SMILES string of the molecule is CC.Cc1ccc(F)c(N2CCN(c3c(C)n[nH]c3C)CC2)c1. The number of nitrogens with one attached hydrogen (secondary N) is 1. The van der Waals surface area contributed by atoms with E-state index < -0.39 is 0 Å². The Kier molecular flexibility index (Phi) is 5.64. The maximum Gasteiger partial charge on any atom is 0.146 e. The van der Waals surface area contributed by atoms with Crippen LogP contribution in [-0.2, 0) is 0 Å². The predicted octanol–water partition coefficient (Wildman–Crippen LogP) is 3.83. The van der Waals surface area contributed by atoms with Crippen LogP contribution in [0.5, 0.6) is 0 Å². The van der Waals surface area contributed by atoms with Crippen molar-refractivity contribution in [2.75, 3.05) is 36.0 Å². The van der Waals surface area contributed by atoms with E-state index in [0.29, 0.717) is 0 Å². The minimum atomic E-state index is -0.135. The van der Waals surface area contributed by atoms with Crippen molar-refractivity contribution in [3.63, 3.8) is 0 Å². The van der Waals surface area contributed by atoms with Crippen LogP contribution in [0.1, 0.15) is 30.8 Å². The summed E-state index contributed by atoms with van der Waals surface area (Å²) in [5.41, 5.74) is 5.13. The van der Waals surface area contributed by atoms with Crippen molar-refractivity contribution in [3.05, 3.63) is 41.0 Å². The molecule has 0 radical (unpaired) electrons. The van der Waals surface area contributed by atoms with Gasteiger partial charge in [0.05, 0.1) is 22.8 Å². The molecule has 5 heteroatoms. The Bertz CT molecular complexity index is 623. The fourth-order valence-electron chi connectivity index (χ4n) is 3.05. The maximum absolute atomic E-state index is 14.0. The third kappa shape index (κ3) is 3.66. The Hall–Kier alpha value is -2.04. The zero-order valence-corrected chi connectivity index (χ0v) is 14.8. The molecular weight excluding hydrogens is 291 g/mol. The molecule has 2 aromatic rings. The molecule has 0 bridgehead atoms. The van der Waals surface area contributed by atoms with Crippen molar-refractivity contribution in [1.82, 2.24) is 10.2 Å². The number of halogens is 1. The molecule has 1 aliphatic rings. The van der Waals surface area contributed by atoms with Gasteiger partial charge in [-0.05, 0) is 38.5 Å². The summed E-state index contributed by atoms with van der Waals surface area (Å²) in [7, 11) is 0. The lowest BCUT2D eigenvalue weighted by molar-refractivity contribution is 0.597. The van der Waals surface area contributed by atoms with Gasteiger partial charge in [-0.3, -0.25) is 5.10 Å². The minimum absolute atomic E-state index is 0.135. The number of aromatic nitrogens is 2. The lowest BCUT2D eigenvalue weighted by atomic mass is 10.1. The van der Waals surface area contributed by atoms with Gasteiger partial charge in [0.15, 0.2) is 0 Å². The van der Waals surface area contributed by atoms with Crippen LogP contribution in [0, 0.1) is 26.6 Å². The lowest BCUT2D eigenvalue weighted by Gasteiger charge is -2.37. The average Bonchev–Trinajstić information content (AvgIpc) is 2.91. The number of hydrogen-bond donors (Lipinski definition) is 1. The smallest absolute Gasteiger partial charge is 0.146 e. The first kappa shape index (κ1) is 17.3. The third-order valence-electron chi connectivity index (χ3n) is 4.13. The highest BCUT2D eigenvalue weighted by Crippen LogP contribution is 2.26. The van der Waals surface area contributed by atoms with E-state index in [9.17, 15) is 4.39 Å². The Balaban J connectivity index is 0.000000924. The van der Waals surface area contributed by atoms with E-state index in [1.165, 1.54) is 5.69 Å². The first-order valence-corrected chi connectivity index (χ1v) is 8.34. The van der Waals surface area contributed by atoms with E-state index in [-0.39, 0.29) is 5.82 Å². The van der Waals surface area contributed by atoms with Gasteiger partial charge in [0.2, 0.25) is 0 Å². The number of piperazine rings is 1. The summed E-state index contributed by atoms with van der Waals surface area (Å²) in [5, 5.41) is 7.28. The highest BCUT2D eigenvalue weighted by Gasteiger charge is 2.22. The van der Waals surface area contributed by atoms with Crippen LogP contribution in [0.3, 0.4) is 0 Å². The van der Waals surface area contributed by atoms with Gasteiger partial charge in [-0.25, -0.2) is 4.39 Å². The number of nitrogens with zero attached hydrogens (tertiary/aromatic N) is 3. The Morgan fingerprint density at radius 2 is 1.61 bits per heavy atom. The number of aromatic amines is 1. The molecule has 3 rings (SSSR count). The zero-order valence-electron chi connectivity index (χ0n) is 14.8. The van der Waals surface area contributed by atoms with Gasteiger partial charge < -0.3 is 9.80 Å². The summed E-state index contributed by atoms with van der Waals surface area (Å²) < 4.78 is 14.0. The number of rotatable bonds is 2. The van der Waals surface area contributed by atoms with E-state index >= 15 is 0 Å². The largest absolute Gasteiger partial charge is 0.366 e. The molecule has 0 unspecified atom stereocenters. The van der Waals surface area contributed by atoms with Crippen molar-refractivity contribution < 1.29 is 4.39 Å². The summed E-state index contributed by atoms with van der Waals surface area (Å²) in [6, 6.07) is 5.30. The minimum Gasteiger partial charge on any atom is -0.366 e. The molecule has 126 valence electrons. The molecule has 4 nitrogen and oxygen atoms in total. The molecule has 1 aromatic carbocycles. The van der Waals surface area contributed by atoms with Crippen LogP contribution in [0.15, 0.2) is 18.2 Å². The van der Waals surface area contributed by atoms with Crippen molar-refractivity contribution >= 4 is 11.4 Å². The molecule has 0 saturated carbocycles. The van der Waals surface area contributed by atoms with E-state index in [1.807, 2.05) is 46.8 Å². The normalized spacial score (nSPS) is 14.5. The Morgan fingerprint density at radius 1 is 1.00 bits per heavy atom. The molecule has 2 heterocycles. The summed E-state index contributed by atoms with van der Waals surface area (Å²) in [5.74, 6) is -0.135. The second-order valence-electron chi connectivity index (χ2n) is 5.71. The molecule has 0 spiro atoms. The van der Waals surface area contributed by atoms with Gasteiger partial charge in [-0.2, -0.15) is 5.10 Å². The number of benzene rings is 1. The third-order valence-corrected chi connectivity index (χ3v) is 4.13. The number of anilines is 2. The summed E-state index contributed by atoms with van der Waals surface area (Å²) >= 11 is 0. The molecule has 23 heavy (non-hydrogen) atoms. The van der Waals surface area contributed by atoms with Crippen LogP contribution in [0.25, 0.3) is 0 Å². The van der Waals surface area contributed by atoms with Gasteiger partial charge >= 0.3 is 0 Å². The molecule has 1 fully saturated rings. The monoisotopic (exact) mass is 318 g/mol. The molecule has 1 saturated heterocycles. The average molecular weight is 318 g/mol.